The molecule has 0 heterocycles. The minimum atomic E-state index is -0.865. The Labute approximate surface area is 134 Å². The first-order valence-corrected chi connectivity index (χ1v) is 8.13. The van der Waals surface area contributed by atoms with Gasteiger partial charge in [-0.25, -0.2) is 0 Å². The van der Waals surface area contributed by atoms with Gasteiger partial charge in [-0.15, -0.1) is 0 Å². The molecule has 0 saturated carbocycles. The summed E-state index contributed by atoms with van der Waals surface area (Å²) in [5, 5.41) is 9.07. The summed E-state index contributed by atoms with van der Waals surface area (Å²) in [5.74, 6) is -0.865. The third-order valence-corrected chi connectivity index (χ3v) is 6.32. The normalized spacial score (nSPS) is 15.3. The lowest BCUT2D eigenvalue weighted by Crippen LogP contribution is -2.18. The van der Waals surface area contributed by atoms with Gasteiger partial charge in [0.2, 0.25) is 0 Å². The molecule has 1 aliphatic rings. The summed E-state index contributed by atoms with van der Waals surface area (Å²) in [5.41, 5.74) is 6.12. The van der Waals surface area contributed by atoms with E-state index in [9.17, 15) is 4.79 Å². The van der Waals surface area contributed by atoms with E-state index in [1.165, 1.54) is 22.3 Å². The second kappa shape index (κ2) is 5.34. The highest BCUT2D eigenvalue weighted by Crippen LogP contribution is 2.40. The molecular formula is C16H12Br2O2. The third kappa shape index (κ3) is 2.31. The minimum absolute atomic E-state index is 0.242. The standard InChI is InChI=1S/C16H12Br2O2/c17-14(15(18)16(19)20)10-5-6-13-11(8-10)7-9-3-1-2-4-12(9)13/h1-6,8,14-15H,7H2,(H,19,20). The second-order valence-electron chi connectivity index (χ2n) is 4.89. The Balaban J connectivity index is 1.97. The predicted octanol–water partition coefficient (Wildman–Crippen LogP) is 4.54. The zero-order chi connectivity index (χ0) is 14.3. The van der Waals surface area contributed by atoms with Crippen LogP contribution in [0.5, 0.6) is 0 Å². The highest BCUT2D eigenvalue weighted by atomic mass is 79.9. The largest absolute Gasteiger partial charge is 0.480 e. The first-order valence-electron chi connectivity index (χ1n) is 6.30. The maximum absolute atomic E-state index is 11.0. The van der Waals surface area contributed by atoms with Gasteiger partial charge in [-0.3, -0.25) is 4.79 Å². The average Bonchev–Trinajstić information content (AvgIpc) is 2.83. The summed E-state index contributed by atoms with van der Waals surface area (Å²) in [4.78, 5) is 10.2. The summed E-state index contributed by atoms with van der Waals surface area (Å²) in [7, 11) is 0. The van der Waals surface area contributed by atoms with Crippen LogP contribution in [-0.4, -0.2) is 15.9 Å². The highest BCUT2D eigenvalue weighted by Gasteiger charge is 2.26. The van der Waals surface area contributed by atoms with Crippen LogP contribution in [0.3, 0.4) is 0 Å². The van der Waals surface area contributed by atoms with E-state index in [0.29, 0.717) is 0 Å². The SMILES string of the molecule is O=C(O)C(Br)C(Br)c1ccc2c(c1)Cc1ccccc1-2. The van der Waals surface area contributed by atoms with Gasteiger partial charge in [0, 0.05) is 0 Å². The van der Waals surface area contributed by atoms with E-state index >= 15 is 0 Å². The lowest BCUT2D eigenvalue weighted by Gasteiger charge is -2.14. The zero-order valence-corrected chi connectivity index (χ0v) is 13.7. The number of rotatable bonds is 3. The van der Waals surface area contributed by atoms with Crippen molar-refractivity contribution in [3.8, 4) is 11.1 Å². The quantitative estimate of drug-likeness (QED) is 0.661. The number of carboxylic acid groups (broad SMARTS) is 1. The van der Waals surface area contributed by atoms with Gasteiger partial charge in [-0.1, -0.05) is 74.3 Å². The summed E-state index contributed by atoms with van der Waals surface area (Å²) >= 11 is 6.67. The van der Waals surface area contributed by atoms with Gasteiger partial charge >= 0.3 is 5.97 Å². The molecule has 0 saturated heterocycles. The Morgan fingerprint density at radius 3 is 2.50 bits per heavy atom. The van der Waals surface area contributed by atoms with Gasteiger partial charge in [0.25, 0.3) is 0 Å². The maximum atomic E-state index is 11.0. The number of hydrogen-bond donors (Lipinski definition) is 1. The molecule has 20 heavy (non-hydrogen) atoms. The van der Waals surface area contributed by atoms with Crippen molar-refractivity contribution in [2.24, 2.45) is 0 Å². The number of hydrogen-bond acceptors (Lipinski definition) is 1. The fraction of sp³-hybridized carbons (Fsp3) is 0.188. The number of carboxylic acids is 1. The zero-order valence-electron chi connectivity index (χ0n) is 10.5. The third-order valence-electron chi connectivity index (χ3n) is 3.63. The van der Waals surface area contributed by atoms with Crippen molar-refractivity contribution in [3.63, 3.8) is 0 Å². The molecule has 2 aromatic carbocycles. The van der Waals surface area contributed by atoms with Crippen LogP contribution < -0.4 is 0 Å². The van der Waals surface area contributed by atoms with E-state index in [1.54, 1.807) is 0 Å². The van der Waals surface area contributed by atoms with Crippen molar-refractivity contribution < 1.29 is 9.90 Å². The number of fused-ring (bicyclic) bond motifs is 3. The lowest BCUT2D eigenvalue weighted by molar-refractivity contribution is -0.136. The van der Waals surface area contributed by atoms with Crippen molar-refractivity contribution in [2.75, 3.05) is 0 Å². The molecule has 0 aliphatic heterocycles. The van der Waals surface area contributed by atoms with Crippen LogP contribution in [-0.2, 0) is 11.2 Å². The van der Waals surface area contributed by atoms with Crippen LogP contribution in [0, 0.1) is 0 Å². The molecule has 0 amide bonds. The molecule has 2 nitrogen and oxygen atoms in total. The van der Waals surface area contributed by atoms with E-state index in [4.69, 9.17) is 5.11 Å². The van der Waals surface area contributed by atoms with Gasteiger partial charge in [0.1, 0.15) is 4.83 Å². The number of benzene rings is 2. The van der Waals surface area contributed by atoms with E-state index in [1.807, 2.05) is 12.1 Å². The van der Waals surface area contributed by atoms with Gasteiger partial charge in [0.05, 0.1) is 4.83 Å². The Hall–Kier alpha value is -1.13. The summed E-state index contributed by atoms with van der Waals surface area (Å²) < 4.78 is 0. The van der Waals surface area contributed by atoms with E-state index in [2.05, 4.69) is 62.2 Å². The molecule has 0 aromatic heterocycles. The molecule has 102 valence electrons. The van der Waals surface area contributed by atoms with Gasteiger partial charge in [-0.05, 0) is 34.2 Å². The molecule has 1 aliphatic carbocycles. The molecule has 1 N–H and O–H groups in total. The van der Waals surface area contributed by atoms with Crippen molar-refractivity contribution in [2.45, 2.75) is 16.1 Å². The molecule has 3 rings (SSSR count). The van der Waals surface area contributed by atoms with Gasteiger partial charge in [0.15, 0.2) is 0 Å². The molecule has 0 fully saturated rings. The number of alkyl halides is 2. The molecule has 4 heteroatoms. The fourth-order valence-electron chi connectivity index (χ4n) is 2.63. The molecule has 2 atom stereocenters. The molecule has 2 aromatic rings. The smallest absolute Gasteiger partial charge is 0.318 e. The predicted molar refractivity (Wildman–Crippen MR) is 86.7 cm³/mol. The number of carbonyl (C=O) groups is 1. The number of halogens is 2. The van der Waals surface area contributed by atoms with Crippen molar-refractivity contribution >= 4 is 37.8 Å². The van der Waals surface area contributed by atoms with Crippen molar-refractivity contribution in [3.05, 3.63) is 59.2 Å². The van der Waals surface area contributed by atoms with Crippen LogP contribution in [0.15, 0.2) is 42.5 Å². The van der Waals surface area contributed by atoms with Crippen LogP contribution in [0.25, 0.3) is 11.1 Å². The second-order valence-corrected chi connectivity index (χ2v) is 6.87. The molecule has 0 radical (unpaired) electrons. The first-order chi connectivity index (χ1) is 9.58. The van der Waals surface area contributed by atoms with Gasteiger partial charge in [-0.2, -0.15) is 0 Å². The molecular weight excluding hydrogens is 384 g/mol. The summed E-state index contributed by atoms with van der Waals surface area (Å²) in [6.07, 6.45) is 0.916. The Kier molecular flexibility index (Phi) is 3.69. The Morgan fingerprint density at radius 2 is 1.75 bits per heavy atom. The van der Waals surface area contributed by atoms with E-state index < -0.39 is 10.8 Å². The van der Waals surface area contributed by atoms with Crippen LogP contribution in [0.2, 0.25) is 0 Å². The topological polar surface area (TPSA) is 37.3 Å². The van der Waals surface area contributed by atoms with Gasteiger partial charge < -0.3 is 5.11 Å². The van der Waals surface area contributed by atoms with E-state index in [0.717, 1.165) is 12.0 Å². The van der Waals surface area contributed by atoms with Crippen molar-refractivity contribution in [1.29, 1.82) is 0 Å². The first kappa shape index (κ1) is 13.8. The molecule has 0 bridgehead atoms. The maximum Gasteiger partial charge on any atom is 0.318 e. The summed E-state index contributed by atoms with van der Waals surface area (Å²) in [6.45, 7) is 0. The van der Waals surface area contributed by atoms with Crippen LogP contribution in [0.4, 0.5) is 0 Å². The monoisotopic (exact) mass is 394 g/mol. The molecule has 2 unspecified atom stereocenters. The van der Waals surface area contributed by atoms with Crippen molar-refractivity contribution in [1.82, 2.24) is 0 Å². The number of aliphatic carboxylic acids is 1. The lowest BCUT2D eigenvalue weighted by atomic mass is 10.0. The average molecular weight is 396 g/mol. The van der Waals surface area contributed by atoms with Crippen LogP contribution >= 0.6 is 31.9 Å². The van der Waals surface area contributed by atoms with E-state index in [-0.39, 0.29) is 4.83 Å². The summed E-state index contributed by atoms with van der Waals surface area (Å²) in [6, 6.07) is 14.6. The minimum Gasteiger partial charge on any atom is -0.480 e. The fourth-order valence-corrected chi connectivity index (χ4v) is 3.45. The molecule has 0 spiro atoms. The Bertz CT molecular complexity index is 682. The highest BCUT2D eigenvalue weighted by molar-refractivity contribution is 9.12. The Morgan fingerprint density at radius 1 is 1.05 bits per heavy atom. The van der Waals surface area contributed by atoms with Crippen LogP contribution in [0.1, 0.15) is 21.5 Å².